The number of hydrogen-bond donors (Lipinski definition) is 0. The van der Waals surface area contributed by atoms with Gasteiger partial charge < -0.3 is 4.74 Å². The first-order valence-electron chi connectivity index (χ1n) is 6.51. The van der Waals surface area contributed by atoms with Crippen molar-refractivity contribution in [3.63, 3.8) is 0 Å². The van der Waals surface area contributed by atoms with Gasteiger partial charge >= 0.3 is 0 Å². The fraction of sp³-hybridized carbons (Fsp3) is 0.643. The van der Waals surface area contributed by atoms with E-state index in [0.717, 1.165) is 34.9 Å². The highest BCUT2D eigenvalue weighted by atomic mass is 79.9. The molecule has 0 amide bonds. The largest absolute Gasteiger partial charge is 0.497 e. The van der Waals surface area contributed by atoms with Crippen LogP contribution in [0, 0.1) is 12.8 Å². The standard InChI is InChI=1S/C14H21BrN2O/c1-11-7-14(18-2)8-13(16-11)10-17-6-4-12(9-17)3-5-15/h7-8,12H,3-6,9-10H2,1-2H3. The Balaban J connectivity index is 1.95. The summed E-state index contributed by atoms with van der Waals surface area (Å²) in [5, 5.41) is 1.11. The molecule has 1 atom stereocenters. The molecule has 0 N–H and O–H groups in total. The van der Waals surface area contributed by atoms with Gasteiger partial charge in [-0.15, -0.1) is 0 Å². The maximum Gasteiger partial charge on any atom is 0.122 e. The van der Waals surface area contributed by atoms with Crippen LogP contribution in [0.25, 0.3) is 0 Å². The third-order valence-electron chi connectivity index (χ3n) is 3.49. The molecule has 3 nitrogen and oxygen atoms in total. The summed E-state index contributed by atoms with van der Waals surface area (Å²) < 4.78 is 5.30. The van der Waals surface area contributed by atoms with E-state index in [1.165, 1.54) is 25.9 Å². The minimum Gasteiger partial charge on any atom is -0.497 e. The molecule has 18 heavy (non-hydrogen) atoms. The molecular weight excluding hydrogens is 292 g/mol. The Labute approximate surface area is 118 Å². The summed E-state index contributed by atoms with van der Waals surface area (Å²) in [5.74, 6) is 1.75. The third kappa shape index (κ3) is 3.69. The first kappa shape index (κ1) is 13.8. The normalized spacial score (nSPS) is 20.3. The fourth-order valence-corrected chi connectivity index (χ4v) is 3.22. The van der Waals surface area contributed by atoms with Gasteiger partial charge in [0.2, 0.25) is 0 Å². The number of ether oxygens (including phenoxy) is 1. The molecule has 1 fully saturated rings. The number of halogens is 1. The van der Waals surface area contributed by atoms with E-state index >= 15 is 0 Å². The van der Waals surface area contributed by atoms with Gasteiger partial charge in [0.15, 0.2) is 0 Å². The van der Waals surface area contributed by atoms with E-state index in [-0.39, 0.29) is 0 Å². The maximum absolute atomic E-state index is 5.30. The predicted molar refractivity (Wildman–Crippen MR) is 77.3 cm³/mol. The lowest BCUT2D eigenvalue weighted by molar-refractivity contribution is 0.310. The highest BCUT2D eigenvalue weighted by Crippen LogP contribution is 2.22. The summed E-state index contributed by atoms with van der Waals surface area (Å²) in [5.41, 5.74) is 2.15. The summed E-state index contributed by atoms with van der Waals surface area (Å²) in [6, 6.07) is 4.02. The van der Waals surface area contributed by atoms with Crippen LogP contribution < -0.4 is 4.74 Å². The number of methoxy groups -OCH3 is 1. The lowest BCUT2D eigenvalue weighted by Crippen LogP contribution is -2.21. The average Bonchev–Trinajstić information content (AvgIpc) is 2.76. The van der Waals surface area contributed by atoms with Gasteiger partial charge in [-0.1, -0.05) is 15.9 Å². The van der Waals surface area contributed by atoms with E-state index in [2.05, 4.69) is 25.8 Å². The molecule has 0 aromatic carbocycles. The second kappa shape index (κ2) is 6.53. The maximum atomic E-state index is 5.30. The summed E-state index contributed by atoms with van der Waals surface area (Å²) in [4.78, 5) is 7.08. The van der Waals surface area contributed by atoms with E-state index in [0.29, 0.717) is 0 Å². The van der Waals surface area contributed by atoms with Crippen molar-refractivity contribution in [1.29, 1.82) is 0 Å². The molecule has 1 aliphatic rings. The second-order valence-electron chi connectivity index (χ2n) is 5.01. The Hall–Kier alpha value is -0.610. The topological polar surface area (TPSA) is 25.4 Å². The molecule has 1 saturated heterocycles. The molecule has 0 saturated carbocycles. The fourth-order valence-electron chi connectivity index (χ4n) is 2.58. The summed E-state index contributed by atoms with van der Waals surface area (Å²) in [6.45, 7) is 5.35. The molecule has 1 aromatic rings. The van der Waals surface area contributed by atoms with Crippen molar-refractivity contribution in [2.75, 3.05) is 25.5 Å². The number of likely N-dealkylation sites (tertiary alicyclic amines) is 1. The van der Waals surface area contributed by atoms with Crippen LogP contribution in [-0.2, 0) is 6.54 Å². The average molecular weight is 313 g/mol. The van der Waals surface area contributed by atoms with E-state index < -0.39 is 0 Å². The SMILES string of the molecule is COc1cc(C)nc(CN2CCC(CCBr)C2)c1. The molecule has 100 valence electrons. The van der Waals surface area contributed by atoms with Crippen LogP contribution in [0.1, 0.15) is 24.2 Å². The Kier molecular flexibility index (Phi) is 5.01. The quantitative estimate of drug-likeness (QED) is 0.782. The number of nitrogens with zero attached hydrogens (tertiary/aromatic N) is 2. The van der Waals surface area contributed by atoms with Crippen molar-refractivity contribution in [3.8, 4) is 5.75 Å². The van der Waals surface area contributed by atoms with Crippen molar-refractivity contribution in [2.45, 2.75) is 26.3 Å². The van der Waals surface area contributed by atoms with Crippen LogP contribution in [0.5, 0.6) is 5.75 Å². The predicted octanol–water partition coefficient (Wildman–Crippen LogP) is 3.01. The van der Waals surface area contributed by atoms with Gasteiger partial charge in [-0.3, -0.25) is 9.88 Å². The lowest BCUT2D eigenvalue weighted by Gasteiger charge is -2.16. The van der Waals surface area contributed by atoms with Gasteiger partial charge in [-0.05, 0) is 32.2 Å². The molecular formula is C14H21BrN2O. The molecule has 0 bridgehead atoms. The smallest absolute Gasteiger partial charge is 0.122 e. The highest BCUT2D eigenvalue weighted by Gasteiger charge is 2.22. The number of pyridine rings is 1. The highest BCUT2D eigenvalue weighted by molar-refractivity contribution is 9.09. The second-order valence-corrected chi connectivity index (χ2v) is 5.80. The van der Waals surface area contributed by atoms with Gasteiger partial charge in [0.05, 0.1) is 12.8 Å². The zero-order valence-electron chi connectivity index (χ0n) is 11.2. The van der Waals surface area contributed by atoms with Gasteiger partial charge in [0.1, 0.15) is 5.75 Å². The number of aryl methyl sites for hydroxylation is 1. The first-order chi connectivity index (χ1) is 8.71. The van der Waals surface area contributed by atoms with E-state index in [1.807, 2.05) is 19.1 Å². The molecule has 2 heterocycles. The number of aromatic nitrogens is 1. The van der Waals surface area contributed by atoms with Crippen molar-refractivity contribution in [1.82, 2.24) is 9.88 Å². The molecule has 1 aliphatic heterocycles. The number of hydrogen-bond acceptors (Lipinski definition) is 3. The zero-order valence-corrected chi connectivity index (χ0v) is 12.7. The lowest BCUT2D eigenvalue weighted by atomic mass is 10.1. The van der Waals surface area contributed by atoms with E-state index in [9.17, 15) is 0 Å². The Bertz CT molecular complexity index is 397. The minimum absolute atomic E-state index is 0.844. The van der Waals surface area contributed by atoms with Gasteiger partial charge in [0, 0.05) is 36.2 Å². The van der Waals surface area contributed by atoms with Crippen LogP contribution in [0.15, 0.2) is 12.1 Å². The van der Waals surface area contributed by atoms with Crippen molar-refractivity contribution in [3.05, 3.63) is 23.5 Å². The van der Waals surface area contributed by atoms with Crippen LogP contribution >= 0.6 is 15.9 Å². The summed E-state index contributed by atoms with van der Waals surface area (Å²) >= 11 is 3.53. The van der Waals surface area contributed by atoms with Crippen LogP contribution in [0.3, 0.4) is 0 Å². The minimum atomic E-state index is 0.844. The Morgan fingerprint density at radius 1 is 1.50 bits per heavy atom. The molecule has 0 spiro atoms. The van der Waals surface area contributed by atoms with Crippen LogP contribution in [0.2, 0.25) is 0 Å². The summed E-state index contributed by atoms with van der Waals surface area (Å²) in [6.07, 6.45) is 2.59. The van der Waals surface area contributed by atoms with Gasteiger partial charge in [0.25, 0.3) is 0 Å². The zero-order chi connectivity index (χ0) is 13.0. The van der Waals surface area contributed by atoms with Gasteiger partial charge in [-0.2, -0.15) is 0 Å². The molecule has 1 unspecified atom stereocenters. The van der Waals surface area contributed by atoms with E-state index in [4.69, 9.17) is 4.74 Å². The van der Waals surface area contributed by atoms with Crippen molar-refractivity contribution >= 4 is 15.9 Å². The van der Waals surface area contributed by atoms with Gasteiger partial charge in [-0.25, -0.2) is 0 Å². The van der Waals surface area contributed by atoms with Crippen molar-refractivity contribution < 1.29 is 4.74 Å². The van der Waals surface area contributed by atoms with Crippen molar-refractivity contribution in [2.24, 2.45) is 5.92 Å². The Morgan fingerprint density at radius 2 is 2.33 bits per heavy atom. The molecule has 0 radical (unpaired) electrons. The number of alkyl halides is 1. The number of rotatable bonds is 5. The third-order valence-corrected chi connectivity index (χ3v) is 3.95. The molecule has 1 aromatic heterocycles. The van der Waals surface area contributed by atoms with E-state index in [1.54, 1.807) is 7.11 Å². The monoisotopic (exact) mass is 312 g/mol. The summed E-state index contributed by atoms with van der Waals surface area (Å²) in [7, 11) is 1.71. The van der Waals surface area contributed by atoms with Crippen LogP contribution in [0.4, 0.5) is 0 Å². The first-order valence-corrected chi connectivity index (χ1v) is 7.63. The Morgan fingerprint density at radius 3 is 3.06 bits per heavy atom. The molecule has 4 heteroatoms. The molecule has 0 aliphatic carbocycles. The van der Waals surface area contributed by atoms with Crippen LogP contribution in [-0.4, -0.2) is 35.4 Å². The molecule has 2 rings (SSSR count).